The van der Waals surface area contributed by atoms with Crippen LogP contribution in [-0.4, -0.2) is 42.1 Å². The Hall–Kier alpha value is -2.40. The summed E-state index contributed by atoms with van der Waals surface area (Å²) in [4.78, 5) is 16.3. The molecule has 2 aromatic rings. The number of para-hydroxylation sites is 1. The zero-order valence-electron chi connectivity index (χ0n) is 14.4. The predicted octanol–water partition coefficient (Wildman–Crippen LogP) is 4.09. The van der Waals surface area contributed by atoms with Gasteiger partial charge in [0.2, 0.25) is 0 Å². The van der Waals surface area contributed by atoms with Gasteiger partial charge in [0, 0.05) is 37.8 Å². The smallest absolute Gasteiger partial charge is 0.410 e. The van der Waals surface area contributed by atoms with Crippen molar-refractivity contribution < 1.29 is 13.9 Å². The molecule has 1 aliphatic heterocycles. The molecule has 1 amide bonds. The number of halogens is 1. The van der Waals surface area contributed by atoms with E-state index >= 15 is 0 Å². The second-order valence-corrected chi connectivity index (χ2v) is 6.26. The van der Waals surface area contributed by atoms with E-state index in [4.69, 9.17) is 4.74 Å². The molecule has 0 bridgehead atoms. The van der Waals surface area contributed by atoms with Gasteiger partial charge >= 0.3 is 6.09 Å². The molecule has 0 aromatic heterocycles. The van der Waals surface area contributed by atoms with Crippen molar-refractivity contribution >= 4 is 6.09 Å². The number of hydrogen-bond donors (Lipinski definition) is 0. The van der Waals surface area contributed by atoms with E-state index in [-0.39, 0.29) is 18.0 Å². The van der Waals surface area contributed by atoms with Crippen molar-refractivity contribution in [3.8, 4) is 5.75 Å². The van der Waals surface area contributed by atoms with Crippen LogP contribution in [0.15, 0.2) is 54.6 Å². The molecular formula is C20H23FN2O2. The molecule has 4 nitrogen and oxygen atoms in total. The highest BCUT2D eigenvalue weighted by Gasteiger charge is 2.24. The van der Waals surface area contributed by atoms with E-state index in [1.54, 1.807) is 23.1 Å². The Morgan fingerprint density at radius 2 is 1.72 bits per heavy atom. The maximum absolute atomic E-state index is 14.0. The van der Waals surface area contributed by atoms with Crippen LogP contribution in [0.1, 0.15) is 24.9 Å². The lowest BCUT2D eigenvalue weighted by molar-refractivity contribution is 0.151. The second kappa shape index (κ2) is 8.12. The van der Waals surface area contributed by atoms with Crippen LogP contribution >= 0.6 is 0 Å². The average Bonchev–Trinajstić information content (AvgIpc) is 2.89. The van der Waals surface area contributed by atoms with Crippen LogP contribution in [0.5, 0.6) is 5.75 Å². The monoisotopic (exact) mass is 342 g/mol. The molecular weight excluding hydrogens is 319 g/mol. The number of benzene rings is 2. The molecule has 0 radical (unpaired) electrons. The van der Waals surface area contributed by atoms with Crippen molar-refractivity contribution in [1.29, 1.82) is 0 Å². The van der Waals surface area contributed by atoms with E-state index < -0.39 is 0 Å². The highest BCUT2D eigenvalue weighted by molar-refractivity contribution is 5.70. The maximum atomic E-state index is 14.0. The third-order valence-electron chi connectivity index (χ3n) is 4.64. The first-order valence-corrected chi connectivity index (χ1v) is 8.65. The Balaban J connectivity index is 1.60. The fourth-order valence-electron chi connectivity index (χ4n) is 3.17. The lowest BCUT2D eigenvalue weighted by atomic mass is 10.1. The Morgan fingerprint density at radius 3 is 2.48 bits per heavy atom. The summed E-state index contributed by atoms with van der Waals surface area (Å²) in [5, 5.41) is 0. The van der Waals surface area contributed by atoms with Crippen LogP contribution in [0.2, 0.25) is 0 Å². The first kappa shape index (κ1) is 17.4. The van der Waals surface area contributed by atoms with Crippen molar-refractivity contribution in [2.24, 2.45) is 0 Å². The minimum Gasteiger partial charge on any atom is -0.410 e. The number of rotatable bonds is 3. The molecule has 0 spiro atoms. The van der Waals surface area contributed by atoms with E-state index in [9.17, 15) is 9.18 Å². The molecule has 132 valence electrons. The van der Waals surface area contributed by atoms with E-state index in [1.807, 2.05) is 37.3 Å². The largest absolute Gasteiger partial charge is 0.415 e. The van der Waals surface area contributed by atoms with Crippen LogP contribution < -0.4 is 4.74 Å². The molecule has 0 N–H and O–H groups in total. The predicted molar refractivity (Wildman–Crippen MR) is 95.0 cm³/mol. The zero-order valence-corrected chi connectivity index (χ0v) is 14.4. The minimum absolute atomic E-state index is 0.0220. The minimum atomic E-state index is -0.327. The summed E-state index contributed by atoms with van der Waals surface area (Å²) in [5.74, 6) is 0.368. The average molecular weight is 342 g/mol. The normalized spacial score (nSPS) is 17.0. The van der Waals surface area contributed by atoms with Gasteiger partial charge in [0.15, 0.2) is 0 Å². The fourth-order valence-corrected chi connectivity index (χ4v) is 3.17. The number of nitrogens with zero attached hydrogens (tertiary/aromatic N) is 2. The van der Waals surface area contributed by atoms with Gasteiger partial charge in [0.1, 0.15) is 11.6 Å². The van der Waals surface area contributed by atoms with Crippen LogP contribution in [-0.2, 0) is 0 Å². The van der Waals surface area contributed by atoms with Gasteiger partial charge in [0.05, 0.1) is 0 Å². The number of ether oxygens (including phenoxy) is 1. The Morgan fingerprint density at radius 1 is 1.00 bits per heavy atom. The van der Waals surface area contributed by atoms with Gasteiger partial charge < -0.3 is 9.64 Å². The van der Waals surface area contributed by atoms with Crippen LogP contribution in [0.25, 0.3) is 0 Å². The van der Waals surface area contributed by atoms with Gasteiger partial charge in [-0.05, 0) is 31.5 Å². The van der Waals surface area contributed by atoms with Gasteiger partial charge in [-0.1, -0.05) is 36.4 Å². The third kappa shape index (κ3) is 4.37. The molecule has 25 heavy (non-hydrogen) atoms. The van der Waals surface area contributed by atoms with Crippen LogP contribution in [0.3, 0.4) is 0 Å². The van der Waals surface area contributed by atoms with Crippen molar-refractivity contribution in [2.45, 2.75) is 19.4 Å². The molecule has 1 heterocycles. The summed E-state index contributed by atoms with van der Waals surface area (Å²) in [6.45, 7) is 4.75. The highest BCUT2D eigenvalue weighted by Crippen LogP contribution is 2.24. The van der Waals surface area contributed by atoms with Gasteiger partial charge in [0.25, 0.3) is 0 Å². The molecule has 0 saturated carbocycles. The molecule has 2 aromatic carbocycles. The summed E-state index contributed by atoms with van der Waals surface area (Å²) in [5.41, 5.74) is 0.697. The number of carbonyl (C=O) groups excluding carboxylic acids is 1. The summed E-state index contributed by atoms with van der Waals surface area (Å²) in [6, 6.07) is 15.9. The fraction of sp³-hybridized carbons (Fsp3) is 0.350. The third-order valence-corrected chi connectivity index (χ3v) is 4.64. The van der Waals surface area contributed by atoms with E-state index in [0.29, 0.717) is 30.9 Å². The first-order valence-electron chi connectivity index (χ1n) is 8.65. The molecule has 1 atom stereocenters. The summed E-state index contributed by atoms with van der Waals surface area (Å²) >= 11 is 0. The molecule has 1 fully saturated rings. The highest BCUT2D eigenvalue weighted by atomic mass is 19.1. The summed E-state index contributed by atoms with van der Waals surface area (Å²) < 4.78 is 19.4. The lowest BCUT2D eigenvalue weighted by Crippen LogP contribution is -2.37. The molecule has 1 saturated heterocycles. The first-order chi connectivity index (χ1) is 12.1. The van der Waals surface area contributed by atoms with Crippen molar-refractivity contribution in [3.63, 3.8) is 0 Å². The van der Waals surface area contributed by atoms with Crippen LogP contribution in [0, 0.1) is 5.82 Å². The Kier molecular flexibility index (Phi) is 5.66. The van der Waals surface area contributed by atoms with Crippen LogP contribution in [0.4, 0.5) is 9.18 Å². The van der Waals surface area contributed by atoms with Crippen molar-refractivity contribution in [1.82, 2.24) is 9.80 Å². The van der Waals surface area contributed by atoms with Gasteiger partial charge in [-0.2, -0.15) is 0 Å². The molecule has 0 aliphatic carbocycles. The summed E-state index contributed by atoms with van der Waals surface area (Å²) in [7, 11) is 0. The van der Waals surface area contributed by atoms with E-state index in [0.717, 1.165) is 13.0 Å². The quantitative estimate of drug-likeness (QED) is 0.842. The van der Waals surface area contributed by atoms with Gasteiger partial charge in [-0.15, -0.1) is 0 Å². The van der Waals surface area contributed by atoms with Crippen molar-refractivity contribution in [2.75, 3.05) is 26.2 Å². The maximum Gasteiger partial charge on any atom is 0.415 e. The molecule has 5 heteroatoms. The number of amides is 1. The summed E-state index contributed by atoms with van der Waals surface area (Å²) in [6.07, 6.45) is 0.509. The van der Waals surface area contributed by atoms with Crippen molar-refractivity contribution in [3.05, 3.63) is 66.0 Å². The number of hydrogen-bond acceptors (Lipinski definition) is 3. The lowest BCUT2D eigenvalue weighted by Gasteiger charge is -2.28. The van der Waals surface area contributed by atoms with E-state index in [1.165, 1.54) is 6.07 Å². The van der Waals surface area contributed by atoms with Gasteiger partial charge in [-0.25, -0.2) is 9.18 Å². The standard InChI is InChI=1S/C20H23FN2O2/c1-16(18-10-5-6-11-19(18)21)22-12-7-13-23(15-14-22)20(24)25-17-8-3-2-4-9-17/h2-6,8-11,16H,7,12-15H2,1H3. The Bertz CT molecular complexity index is 708. The topological polar surface area (TPSA) is 32.8 Å². The molecule has 1 unspecified atom stereocenters. The SMILES string of the molecule is CC(c1ccccc1F)N1CCCN(C(=O)Oc2ccccc2)CC1. The van der Waals surface area contributed by atoms with E-state index in [2.05, 4.69) is 4.90 Å². The molecule has 3 rings (SSSR count). The Labute approximate surface area is 147 Å². The molecule has 1 aliphatic rings. The second-order valence-electron chi connectivity index (χ2n) is 6.26. The zero-order chi connectivity index (χ0) is 17.6. The van der Waals surface area contributed by atoms with Gasteiger partial charge in [-0.3, -0.25) is 4.90 Å². The number of carbonyl (C=O) groups is 1.